The highest BCUT2D eigenvalue weighted by Crippen LogP contribution is 2.30. The van der Waals surface area contributed by atoms with E-state index in [2.05, 4.69) is 53.4 Å². The van der Waals surface area contributed by atoms with Crippen LogP contribution in [0.25, 0.3) is 10.2 Å². The van der Waals surface area contributed by atoms with Crippen molar-refractivity contribution >= 4 is 33.3 Å². The predicted octanol–water partition coefficient (Wildman–Crippen LogP) is 3.22. The first-order chi connectivity index (χ1) is 8.40. The van der Waals surface area contributed by atoms with E-state index < -0.39 is 0 Å². The van der Waals surface area contributed by atoms with Crippen molar-refractivity contribution in [2.45, 2.75) is 20.8 Å². The van der Waals surface area contributed by atoms with Gasteiger partial charge in [0.1, 0.15) is 0 Å². The number of nitrogens with one attached hydrogen (secondary N) is 1. The Hall–Kier alpha value is -1.36. The molecule has 2 heterocycles. The molecule has 4 nitrogen and oxygen atoms in total. The van der Waals surface area contributed by atoms with Crippen LogP contribution in [0, 0.1) is 5.41 Å². The lowest BCUT2D eigenvalue weighted by Gasteiger charge is -2.27. The molecule has 0 fully saturated rings. The molecular formula is C13H20N4S. The van der Waals surface area contributed by atoms with Crippen molar-refractivity contribution in [1.29, 1.82) is 0 Å². The van der Waals surface area contributed by atoms with Gasteiger partial charge in [-0.05, 0) is 16.9 Å². The molecule has 18 heavy (non-hydrogen) atoms. The predicted molar refractivity (Wildman–Crippen MR) is 79.7 cm³/mol. The van der Waals surface area contributed by atoms with Crippen LogP contribution < -0.4 is 10.2 Å². The van der Waals surface area contributed by atoms with Crippen LogP contribution in [0.3, 0.4) is 0 Å². The fourth-order valence-corrected chi connectivity index (χ4v) is 2.88. The maximum Gasteiger partial charge on any atom is 0.225 e. The molecule has 2 rings (SSSR count). The van der Waals surface area contributed by atoms with Crippen LogP contribution in [0.4, 0.5) is 11.8 Å². The van der Waals surface area contributed by atoms with E-state index in [9.17, 15) is 0 Å². The molecule has 0 amide bonds. The zero-order chi connectivity index (χ0) is 13.3. The Kier molecular flexibility index (Phi) is 3.43. The van der Waals surface area contributed by atoms with E-state index >= 15 is 0 Å². The summed E-state index contributed by atoms with van der Waals surface area (Å²) in [5, 5.41) is 5.09. The maximum atomic E-state index is 4.59. The highest BCUT2D eigenvalue weighted by Gasteiger charge is 2.18. The normalized spacial score (nSPS) is 11.8. The minimum atomic E-state index is 0.239. The Labute approximate surface area is 112 Å². The summed E-state index contributed by atoms with van der Waals surface area (Å²) >= 11 is 1.69. The molecule has 2 aromatic heterocycles. The Balaban J connectivity index is 2.45. The maximum absolute atomic E-state index is 4.59. The van der Waals surface area contributed by atoms with E-state index in [-0.39, 0.29) is 5.41 Å². The fourth-order valence-electron chi connectivity index (χ4n) is 2.00. The first kappa shape index (κ1) is 13.1. The summed E-state index contributed by atoms with van der Waals surface area (Å²) < 4.78 is 1.15. The van der Waals surface area contributed by atoms with E-state index in [1.807, 2.05) is 13.1 Å². The van der Waals surface area contributed by atoms with Crippen LogP contribution in [0.2, 0.25) is 0 Å². The molecule has 1 N–H and O–H groups in total. The molecule has 0 saturated carbocycles. The van der Waals surface area contributed by atoms with Crippen molar-refractivity contribution in [2.24, 2.45) is 5.41 Å². The van der Waals surface area contributed by atoms with Gasteiger partial charge in [0.2, 0.25) is 5.95 Å². The van der Waals surface area contributed by atoms with Crippen LogP contribution in [-0.2, 0) is 0 Å². The lowest BCUT2D eigenvalue weighted by Crippen LogP contribution is -2.30. The summed E-state index contributed by atoms with van der Waals surface area (Å²) in [6.07, 6.45) is 0. The molecule has 0 saturated heterocycles. The van der Waals surface area contributed by atoms with E-state index in [1.54, 1.807) is 11.3 Å². The lowest BCUT2D eigenvalue weighted by molar-refractivity contribution is 0.418. The third-order valence-electron chi connectivity index (χ3n) is 2.58. The Bertz CT molecular complexity index is 541. The van der Waals surface area contributed by atoms with Gasteiger partial charge < -0.3 is 10.2 Å². The Morgan fingerprint density at radius 3 is 2.67 bits per heavy atom. The number of hydrogen-bond acceptors (Lipinski definition) is 5. The summed E-state index contributed by atoms with van der Waals surface area (Å²) in [5.41, 5.74) is 1.25. The van der Waals surface area contributed by atoms with E-state index in [1.165, 1.54) is 0 Å². The minimum Gasteiger partial charge on any atom is -0.358 e. The molecule has 0 aromatic carbocycles. The van der Waals surface area contributed by atoms with Gasteiger partial charge in [-0.3, -0.25) is 0 Å². The van der Waals surface area contributed by atoms with Gasteiger partial charge in [0.05, 0.1) is 10.2 Å². The van der Waals surface area contributed by atoms with E-state index in [4.69, 9.17) is 0 Å². The molecule has 0 aliphatic carbocycles. The van der Waals surface area contributed by atoms with Crippen molar-refractivity contribution in [3.05, 3.63) is 11.4 Å². The molecular weight excluding hydrogens is 244 g/mol. The Morgan fingerprint density at radius 1 is 1.33 bits per heavy atom. The second-order valence-corrected chi connectivity index (χ2v) is 6.59. The van der Waals surface area contributed by atoms with Crippen molar-refractivity contribution in [1.82, 2.24) is 9.97 Å². The second-order valence-electron chi connectivity index (χ2n) is 5.67. The van der Waals surface area contributed by atoms with Gasteiger partial charge in [-0.1, -0.05) is 20.8 Å². The van der Waals surface area contributed by atoms with Crippen LogP contribution in [0.5, 0.6) is 0 Å². The number of anilines is 2. The minimum absolute atomic E-state index is 0.239. The monoisotopic (exact) mass is 264 g/mol. The topological polar surface area (TPSA) is 41.1 Å². The highest BCUT2D eigenvalue weighted by atomic mass is 32.1. The molecule has 0 atom stereocenters. The van der Waals surface area contributed by atoms with Gasteiger partial charge in [0.25, 0.3) is 0 Å². The molecule has 0 aliphatic heterocycles. The average molecular weight is 264 g/mol. The van der Waals surface area contributed by atoms with Crippen LogP contribution >= 0.6 is 11.3 Å². The molecule has 0 radical (unpaired) electrons. The number of rotatable bonds is 3. The van der Waals surface area contributed by atoms with Crippen LogP contribution in [0.15, 0.2) is 11.4 Å². The van der Waals surface area contributed by atoms with Crippen molar-refractivity contribution in [3.63, 3.8) is 0 Å². The number of hydrogen-bond donors (Lipinski definition) is 1. The van der Waals surface area contributed by atoms with Gasteiger partial charge >= 0.3 is 0 Å². The van der Waals surface area contributed by atoms with E-state index in [0.717, 1.165) is 22.6 Å². The van der Waals surface area contributed by atoms with Crippen molar-refractivity contribution in [3.8, 4) is 0 Å². The summed E-state index contributed by atoms with van der Waals surface area (Å²) in [5.74, 6) is 1.69. The van der Waals surface area contributed by atoms with Gasteiger partial charge in [0, 0.05) is 20.6 Å². The van der Waals surface area contributed by atoms with Gasteiger partial charge in [-0.15, -0.1) is 11.3 Å². The summed E-state index contributed by atoms with van der Waals surface area (Å²) in [4.78, 5) is 11.3. The van der Waals surface area contributed by atoms with Crippen LogP contribution in [-0.4, -0.2) is 30.6 Å². The second kappa shape index (κ2) is 4.72. The SMILES string of the molecule is CNc1nc(N(C)CC(C)(C)C)c2sccc2n1. The van der Waals surface area contributed by atoms with Crippen molar-refractivity contribution in [2.75, 3.05) is 30.9 Å². The average Bonchev–Trinajstić information content (AvgIpc) is 2.72. The molecule has 0 spiro atoms. The highest BCUT2D eigenvalue weighted by molar-refractivity contribution is 7.17. The van der Waals surface area contributed by atoms with Gasteiger partial charge in [-0.2, -0.15) is 4.98 Å². The van der Waals surface area contributed by atoms with Crippen molar-refractivity contribution < 1.29 is 0 Å². The molecule has 0 unspecified atom stereocenters. The molecule has 0 bridgehead atoms. The summed E-state index contributed by atoms with van der Waals surface area (Å²) in [6.45, 7) is 7.65. The number of fused-ring (bicyclic) bond motifs is 1. The molecule has 5 heteroatoms. The number of aromatic nitrogens is 2. The summed E-state index contributed by atoms with van der Waals surface area (Å²) in [7, 11) is 3.94. The molecule has 98 valence electrons. The zero-order valence-electron chi connectivity index (χ0n) is 11.6. The third kappa shape index (κ3) is 2.72. The molecule has 0 aliphatic rings. The third-order valence-corrected chi connectivity index (χ3v) is 3.48. The molecule has 2 aromatic rings. The van der Waals surface area contributed by atoms with Gasteiger partial charge in [-0.25, -0.2) is 4.98 Å². The fraction of sp³-hybridized carbons (Fsp3) is 0.538. The summed E-state index contributed by atoms with van der Waals surface area (Å²) in [6, 6.07) is 2.04. The van der Waals surface area contributed by atoms with Gasteiger partial charge in [0.15, 0.2) is 5.82 Å². The number of thiophene rings is 1. The quantitative estimate of drug-likeness (QED) is 0.924. The van der Waals surface area contributed by atoms with E-state index in [0.29, 0.717) is 5.95 Å². The first-order valence-corrected chi connectivity index (χ1v) is 6.93. The van der Waals surface area contributed by atoms with Crippen LogP contribution in [0.1, 0.15) is 20.8 Å². The largest absolute Gasteiger partial charge is 0.358 e. The first-order valence-electron chi connectivity index (χ1n) is 6.05. The standard InChI is InChI=1S/C13H20N4S/c1-13(2,3)8-17(5)11-10-9(6-7-18-10)15-12(14-4)16-11/h6-7H,8H2,1-5H3,(H,14,15,16). The zero-order valence-corrected chi connectivity index (χ0v) is 12.4. The smallest absolute Gasteiger partial charge is 0.225 e. The number of nitrogens with zero attached hydrogens (tertiary/aromatic N) is 3. The lowest BCUT2D eigenvalue weighted by atomic mass is 9.96. The Morgan fingerprint density at radius 2 is 2.06 bits per heavy atom.